The predicted octanol–water partition coefficient (Wildman–Crippen LogP) is 5.60. The Bertz CT molecular complexity index is 896. The number of carbonyl (C=O) groups is 1. The molecular formula is C23H27Cl3N2O3. The summed E-state index contributed by atoms with van der Waals surface area (Å²) in [5.74, 6) is -1.02. The molecule has 2 aromatic rings. The number of benzene rings is 2. The summed E-state index contributed by atoms with van der Waals surface area (Å²) < 4.78 is 0. The molecule has 1 N–H and O–H groups in total. The maximum Gasteiger partial charge on any atom is 0.307 e. The van der Waals surface area contributed by atoms with Crippen molar-refractivity contribution >= 4 is 47.3 Å². The van der Waals surface area contributed by atoms with Crippen molar-refractivity contribution in [2.45, 2.75) is 26.7 Å². The van der Waals surface area contributed by atoms with Crippen molar-refractivity contribution in [1.82, 2.24) is 4.90 Å². The molecule has 0 saturated carbocycles. The summed E-state index contributed by atoms with van der Waals surface area (Å²) in [6.07, 6.45) is 1.63. The summed E-state index contributed by atoms with van der Waals surface area (Å²) in [5.41, 5.74) is 4.60. The lowest BCUT2D eigenvalue weighted by atomic mass is 9.95. The van der Waals surface area contributed by atoms with E-state index in [0.717, 1.165) is 47.4 Å². The van der Waals surface area contributed by atoms with Crippen LogP contribution in [0.3, 0.4) is 0 Å². The number of carboxylic acid groups (broad SMARTS) is 1. The number of oxime groups is 1. The number of hydrogen-bond donors (Lipinski definition) is 1. The van der Waals surface area contributed by atoms with Gasteiger partial charge < -0.3 is 9.94 Å². The second kappa shape index (κ2) is 11.7. The van der Waals surface area contributed by atoms with E-state index in [9.17, 15) is 9.90 Å². The first-order chi connectivity index (χ1) is 14.3. The molecule has 31 heavy (non-hydrogen) atoms. The molecule has 1 unspecified atom stereocenters. The predicted molar refractivity (Wildman–Crippen MR) is 128 cm³/mol. The molecule has 1 heterocycles. The van der Waals surface area contributed by atoms with Gasteiger partial charge in [0.25, 0.3) is 0 Å². The minimum Gasteiger partial charge on any atom is -0.481 e. The van der Waals surface area contributed by atoms with Crippen molar-refractivity contribution in [2.75, 3.05) is 26.2 Å². The number of piperidine rings is 1. The van der Waals surface area contributed by atoms with Crippen LogP contribution in [0.15, 0.2) is 41.6 Å². The summed E-state index contributed by atoms with van der Waals surface area (Å²) in [5, 5.41) is 15.1. The molecule has 0 aromatic heterocycles. The second-order valence-corrected chi connectivity index (χ2v) is 8.54. The van der Waals surface area contributed by atoms with Crippen LogP contribution in [-0.4, -0.2) is 47.9 Å². The molecule has 8 heteroatoms. The molecule has 2 aromatic carbocycles. The molecule has 0 aliphatic carbocycles. The molecule has 0 bridgehead atoms. The van der Waals surface area contributed by atoms with Crippen LogP contribution in [0, 0.1) is 19.8 Å². The van der Waals surface area contributed by atoms with E-state index < -0.39 is 5.97 Å². The van der Waals surface area contributed by atoms with Crippen LogP contribution >= 0.6 is 35.6 Å². The molecule has 0 amide bonds. The molecular weight excluding hydrogens is 459 g/mol. The summed E-state index contributed by atoms with van der Waals surface area (Å²) >= 11 is 12.3. The fourth-order valence-electron chi connectivity index (χ4n) is 3.77. The topological polar surface area (TPSA) is 62.1 Å². The van der Waals surface area contributed by atoms with Crippen LogP contribution in [0.2, 0.25) is 10.0 Å². The Kier molecular flexibility index (Phi) is 9.63. The van der Waals surface area contributed by atoms with Crippen LogP contribution < -0.4 is 0 Å². The van der Waals surface area contributed by atoms with Gasteiger partial charge in [-0.25, -0.2) is 0 Å². The Labute approximate surface area is 199 Å². The van der Waals surface area contributed by atoms with E-state index in [-0.39, 0.29) is 18.3 Å². The van der Waals surface area contributed by atoms with Gasteiger partial charge in [0, 0.05) is 34.3 Å². The molecule has 1 atom stereocenters. The van der Waals surface area contributed by atoms with Crippen molar-refractivity contribution in [3.63, 3.8) is 0 Å². The third-order valence-corrected chi connectivity index (χ3v) is 5.87. The lowest BCUT2D eigenvalue weighted by Crippen LogP contribution is -2.40. The highest BCUT2D eigenvalue weighted by Crippen LogP contribution is 2.23. The van der Waals surface area contributed by atoms with Gasteiger partial charge in [0.05, 0.1) is 5.92 Å². The minimum absolute atomic E-state index is 0. The zero-order valence-electron chi connectivity index (χ0n) is 17.6. The smallest absolute Gasteiger partial charge is 0.307 e. The minimum atomic E-state index is -0.725. The van der Waals surface area contributed by atoms with E-state index >= 15 is 0 Å². The van der Waals surface area contributed by atoms with Crippen LogP contribution in [0.25, 0.3) is 0 Å². The highest BCUT2D eigenvalue weighted by Gasteiger charge is 2.25. The van der Waals surface area contributed by atoms with Crippen molar-refractivity contribution in [3.8, 4) is 0 Å². The van der Waals surface area contributed by atoms with Crippen LogP contribution in [-0.2, 0) is 9.63 Å². The monoisotopic (exact) mass is 484 g/mol. The highest BCUT2D eigenvalue weighted by atomic mass is 35.5. The van der Waals surface area contributed by atoms with Gasteiger partial charge in [-0.2, -0.15) is 0 Å². The van der Waals surface area contributed by atoms with E-state index in [0.29, 0.717) is 29.7 Å². The van der Waals surface area contributed by atoms with Gasteiger partial charge in [0.15, 0.2) is 0 Å². The maximum atomic E-state index is 11.2. The van der Waals surface area contributed by atoms with Gasteiger partial charge in [-0.1, -0.05) is 40.5 Å². The summed E-state index contributed by atoms with van der Waals surface area (Å²) in [6, 6.07) is 11.4. The zero-order chi connectivity index (χ0) is 21.7. The Morgan fingerprint density at radius 3 is 2.23 bits per heavy atom. The van der Waals surface area contributed by atoms with Gasteiger partial charge in [-0.05, 0) is 68.6 Å². The first-order valence-corrected chi connectivity index (χ1v) is 10.8. The number of hydrogen-bond acceptors (Lipinski definition) is 4. The van der Waals surface area contributed by atoms with Crippen LogP contribution in [0.4, 0.5) is 0 Å². The molecule has 3 rings (SSSR count). The number of rotatable bonds is 7. The Hall–Kier alpha value is -1.79. The number of aliphatic carboxylic acids is 1. The quantitative estimate of drug-likeness (QED) is 0.315. The Balaban J connectivity index is 0.00000341. The van der Waals surface area contributed by atoms with Gasteiger partial charge >= 0.3 is 5.97 Å². The van der Waals surface area contributed by atoms with E-state index in [1.165, 1.54) is 0 Å². The SMILES string of the molecule is Cc1cc(Cl)ccc1C(=NOCCN1CCCC(C(=O)O)C1)c1ccc(Cl)cc1C.Cl. The van der Waals surface area contributed by atoms with Gasteiger partial charge in [-0.15, -0.1) is 12.4 Å². The lowest BCUT2D eigenvalue weighted by Gasteiger charge is -2.30. The third kappa shape index (κ3) is 6.84. The van der Waals surface area contributed by atoms with Crippen LogP contribution in [0.5, 0.6) is 0 Å². The molecule has 0 radical (unpaired) electrons. The maximum absolute atomic E-state index is 11.2. The van der Waals surface area contributed by atoms with Gasteiger partial charge in [0.2, 0.25) is 0 Å². The molecule has 168 valence electrons. The number of likely N-dealkylation sites (tertiary alicyclic amines) is 1. The molecule has 1 aliphatic rings. The largest absolute Gasteiger partial charge is 0.481 e. The normalized spacial score (nSPS) is 16.3. The van der Waals surface area contributed by atoms with Crippen molar-refractivity contribution in [2.24, 2.45) is 11.1 Å². The van der Waals surface area contributed by atoms with Crippen molar-refractivity contribution in [3.05, 3.63) is 68.7 Å². The Morgan fingerprint density at radius 2 is 1.71 bits per heavy atom. The molecule has 1 aliphatic heterocycles. The first kappa shape index (κ1) is 25.5. The van der Waals surface area contributed by atoms with Crippen molar-refractivity contribution in [1.29, 1.82) is 0 Å². The standard InChI is InChI=1S/C23H26Cl2N2O3.ClH/c1-15-12-18(24)5-7-20(15)22(21-8-6-19(25)13-16(21)2)26-30-11-10-27-9-3-4-17(14-27)23(28)29;/h5-8,12-13,17H,3-4,9-11,14H2,1-2H3,(H,28,29);1H. The molecule has 0 spiro atoms. The third-order valence-electron chi connectivity index (χ3n) is 5.40. The molecule has 5 nitrogen and oxygen atoms in total. The second-order valence-electron chi connectivity index (χ2n) is 7.67. The summed E-state index contributed by atoms with van der Waals surface area (Å²) in [6.45, 7) is 6.44. The molecule has 1 fully saturated rings. The molecule has 1 saturated heterocycles. The number of aryl methyl sites for hydroxylation is 2. The summed E-state index contributed by atoms with van der Waals surface area (Å²) in [4.78, 5) is 19.1. The lowest BCUT2D eigenvalue weighted by molar-refractivity contribution is -0.143. The highest BCUT2D eigenvalue weighted by molar-refractivity contribution is 6.31. The fourth-order valence-corrected chi connectivity index (χ4v) is 4.22. The van der Waals surface area contributed by atoms with E-state index in [4.69, 9.17) is 28.0 Å². The number of carboxylic acids is 1. The zero-order valence-corrected chi connectivity index (χ0v) is 19.9. The van der Waals surface area contributed by atoms with E-state index in [2.05, 4.69) is 10.1 Å². The fraction of sp³-hybridized carbons (Fsp3) is 0.391. The summed E-state index contributed by atoms with van der Waals surface area (Å²) in [7, 11) is 0. The first-order valence-electron chi connectivity index (χ1n) is 10.0. The average Bonchev–Trinajstić information content (AvgIpc) is 2.70. The number of nitrogens with zero attached hydrogens (tertiary/aromatic N) is 2. The average molecular weight is 486 g/mol. The van der Waals surface area contributed by atoms with E-state index in [1.807, 2.05) is 50.2 Å². The number of halogens is 3. The van der Waals surface area contributed by atoms with Gasteiger partial charge in [-0.3, -0.25) is 9.69 Å². The van der Waals surface area contributed by atoms with Crippen molar-refractivity contribution < 1.29 is 14.7 Å². The Morgan fingerprint density at radius 1 is 1.13 bits per heavy atom. The van der Waals surface area contributed by atoms with Gasteiger partial charge in [0.1, 0.15) is 12.3 Å². The van der Waals surface area contributed by atoms with E-state index in [1.54, 1.807) is 0 Å². The van der Waals surface area contributed by atoms with Crippen LogP contribution in [0.1, 0.15) is 35.1 Å².